The smallest absolute Gasteiger partial charge is 0.166 e. The van der Waals surface area contributed by atoms with Gasteiger partial charge in [0.05, 0.1) is 10.6 Å². The van der Waals surface area contributed by atoms with Crippen LogP contribution >= 0.6 is 11.6 Å². The van der Waals surface area contributed by atoms with Gasteiger partial charge in [-0.15, -0.1) is 0 Å². The van der Waals surface area contributed by atoms with E-state index >= 15 is 0 Å². The average molecular weight is 465 g/mol. The molecule has 0 aliphatic heterocycles. The summed E-state index contributed by atoms with van der Waals surface area (Å²) in [6.45, 7) is 2.03. The fourth-order valence-corrected chi connectivity index (χ4v) is 4.73. The van der Waals surface area contributed by atoms with E-state index in [9.17, 15) is 13.2 Å². The van der Waals surface area contributed by atoms with Crippen molar-refractivity contribution in [1.29, 1.82) is 0 Å². The predicted molar refractivity (Wildman–Crippen MR) is 131 cm³/mol. The number of unbranched alkanes of at least 4 members (excludes halogenated alkanes) is 1. The van der Waals surface area contributed by atoms with Crippen molar-refractivity contribution >= 4 is 11.6 Å². The van der Waals surface area contributed by atoms with E-state index in [1.165, 1.54) is 0 Å². The lowest BCUT2D eigenvalue weighted by atomic mass is 9.80. The third-order valence-corrected chi connectivity index (χ3v) is 6.20. The second-order valence-corrected chi connectivity index (χ2v) is 8.37. The molecule has 0 spiro atoms. The quantitative estimate of drug-likeness (QED) is 0.266. The highest BCUT2D eigenvalue weighted by Crippen LogP contribution is 2.52. The fraction of sp³-hybridized carbons (Fsp3) is 0.172. The summed E-state index contributed by atoms with van der Waals surface area (Å²) in [6, 6.07) is 27.6. The Labute approximate surface area is 197 Å². The molecule has 0 saturated carbocycles. The van der Waals surface area contributed by atoms with Crippen LogP contribution in [0.3, 0.4) is 0 Å². The van der Waals surface area contributed by atoms with E-state index in [-0.39, 0.29) is 10.6 Å². The van der Waals surface area contributed by atoms with Crippen LogP contribution in [0.4, 0.5) is 13.2 Å². The number of rotatable bonds is 6. The molecule has 0 nitrogen and oxygen atoms in total. The van der Waals surface area contributed by atoms with E-state index in [0.29, 0.717) is 23.1 Å². The first-order valence-corrected chi connectivity index (χ1v) is 11.4. The molecule has 0 N–H and O–H groups in total. The van der Waals surface area contributed by atoms with Crippen LogP contribution in [0.1, 0.15) is 30.9 Å². The van der Waals surface area contributed by atoms with Gasteiger partial charge in [-0.05, 0) is 46.2 Å². The van der Waals surface area contributed by atoms with Crippen LogP contribution in [0.5, 0.6) is 0 Å². The highest BCUT2D eigenvalue weighted by Gasteiger charge is 2.40. The maximum Gasteiger partial charge on any atom is 0.418 e. The number of hydrogen-bond donors (Lipinski definition) is 0. The summed E-state index contributed by atoms with van der Waals surface area (Å²) in [5.74, 6) is 0. The zero-order valence-corrected chi connectivity index (χ0v) is 19.0. The molecule has 0 aliphatic rings. The SMILES string of the molecule is CCCCc1c(Cl)c(C(F)(F)F)c(-c2ccccc2)c(-c2ccccc2)c1-c1ccccc1. The minimum atomic E-state index is -4.61. The Hall–Kier alpha value is -3.04. The van der Waals surface area contributed by atoms with Crippen LogP contribution in [-0.2, 0) is 12.6 Å². The Morgan fingerprint density at radius 2 is 1.06 bits per heavy atom. The fourth-order valence-electron chi connectivity index (χ4n) is 4.34. The van der Waals surface area contributed by atoms with Crippen LogP contribution < -0.4 is 0 Å². The molecule has 0 saturated heterocycles. The summed E-state index contributed by atoms with van der Waals surface area (Å²) >= 11 is 6.68. The first-order chi connectivity index (χ1) is 15.9. The lowest BCUT2D eigenvalue weighted by Gasteiger charge is -2.26. The monoisotopic (exact) mass is 464 g/mol. The van der Waals surface area contributed by atoms with Crippen LogP contribution in [0.25, 0.3) is 33.4 Å². The van der Waals surface area contributed by atoms with Gasteiger partial charge in [-0.25, -0.2) is 0 Å². The Balaban J connectivity index is 2.25. The molecule has 0 amide bonds. The van der Waals surface area contributed by atoms with E-state index in [2.05, 4.69) is 0 Å². The topological polar surface area (TPSA) is 0 Å². The Morgan fingerprint density at radius 3 is 1.48 bits per heavy atom. The van der Waals surface area contributed by atoms with E-state index in [1.54, 1.807) is 30.3 Å². The first kappa shape index (κ1) is 23.1. The number of benzene rings is 4. The van der Waals surface area contributed by atoms with Crippen LogP contribution in [0.15, 0.2) is 91.0 Å². The third-order valence-electron chi connectivity index (χ3n) is 5.79. The summed E-state index contributed by atoms with van der Waals surface area (Å²) in [4.78, 5) is 0. The van der Waals surface area contributed by atoms with Gasteiger partial charge in [-0.3, -0.25) is 0 Å². The van der Waals surface area contributed by atoms with Gasteiger partial charge >= 0.3 is 6.18 Å². The Morgan fingerprint density at radius 1 is 0.636 bits per heavy atom. The van der Waals surface area contributed by atoms with Gasteiger partial charge < -0.3 is 0 Å². The van der Waals surface area contributed by atoms with Crippen molar-refractivity contribution in [2.75, 3.05) is 0 Å². The Bertz CT molecular complexity index is 1210. The highest BCUT2D eigenvalue weighted by atomic mass is 35.5. The molecule has 0 radical (unpaired) electrons. The van der Waals surface area contributed by atoms with Crippen molar-refractivity contribution in [3.05, 3.63) is 107 Å². The average Bonchev–Trinajstić information content (AvgIpc) is 2.83. The summed E-state index contributed by atoms with van der Waals surface area (Å²) in [5.41, 5.74) is 3.33. The van der Waals surface area contributed by atoms with Crippen molar-refractivity contribution < 1.29 is 13.2 Å². The predicted octanol–water partition coefficient (Wildman–Crippen LogP) is 9.70. The second kappa shape index (κ2) is 9.84. The van der Waals surface area contributed by atoms with Crippen molar-refractivity contribution in [2.24, 2.45) is 0 Å². The number of halogens is 4. The molecule has 0 aromatic heterocycles. The van der Waals surface area contributed by atoms with Crippen LogP contribution in [0, 0.1) is 0 Å². The lowest BCUT2D eigenvalue weighted by Crippen LogP contribution is -2.13. The van der Waals surface area contributed by atoms with Gasteiger partial charge in [-0.2, -0.15) is 13.2 Å². The van der Waals surface area contributed by atoms with Crippen molar-refractivity contribution in [3.63, 3.8) is 0 Å². The molecule has 0 aliphatic carbocycles. The molecule has 4 aromatic carbocycles. The van der Waals surface area contributed by atoms with Gasteiger partial charge in [0.15, 0.2) is 0 Å². The molecule has 4 rings (SSSR count). The Kier molecular flexibility index (Phi) is 6.90. The highest BCUT2D eigenvalue weighted by molar-refractivity contribution is 6.33. The van der Waals surface area contributed by atoms with Crippen molar-refractivity contribution in [2.45, 2.75) is 32.4 Å². The van der Waals surface area contributed by atoms with Gasteiger partial charge in [0.25, 0.3) is 0 Å². The molecule has 168 valence electrons. The molecule has 4 heteroatoms. The first-order valence-electron chi connectivity index (χ1n) is 11.0. The molecule has 0 unspecified atom stereocenters. The molecule has 0 bridgehead atoms. The van der Waals surface area contributed by atoms with Crippen LogP contribution in [-0.4, -0.2) is 0 Å². The van der Waals surface area contributed by atoms with E-state index in [0.717, 1.165) is 29.5 Å². The largest absolute Gasteiger partial charge is 0.418 e. The minimum absolute atomic E-state index is 0.124. The van der Waals surface area contributed by atoms with E-state index in [1.807, 2.05) is 67.6 Å². The zero-order valence-electron chi connectivity index (χ0n) is 18.3. The summed E-state index contributed by atoms with van der Waals surface area (Å²) in [7, 11) is 0. The minimum Gasteiger partial charge on any atom is -0.166 e. The second-order valence-electron chi connectivity index (χ2n) is 7.99. The molecule has 33 heavy (non-hydrogen) atoms. The number of hydrogen-bond acceptors (Lipinski definition) is 0. The van der Waals surface area contributed by atoms with Gasteiger partial charge in [0.2, 0.25) is 0 Å². The molecular weight excluding hydrogens is 441 g/mol. The normalized spacial score (nSPS) is 11.5. The summed E-state index contributed by atoms with van der Waals surface area (Å²) in [6.07, 6.45) is -2.54. The standard InChI is InChI=1S/C29H24ClF3/c1-2-3-19-23-24(20-13-7-4-8-14-20)25(21-15-9-5-10-16-21)26(22-17-11-6-12-18-22)27(28(23)30)29(31,32)33/h4-18H,2-3,19H2,1H3. The molecule has 4 aromatic rings. The van der Waals surface area contributed by atoms with Gasteiger partial charge in [0, 0.05) is 5.56 Å². The summed E-state index contributed by atoms with van der Waals surface area (Å²) < 4.78 is 43.9. The zero-order chi connectivity index (χ0) is 23.4. The van der Waals surface area contributed by atoms with Gasteiger partial charge in [0.1, 0.15) is 0 Å². The lowest BCUT2D eigenvalue weighted by molar-refractivity contribution is -0.137. The molecule has 0 heterocycles. The van der Waals surface area contributed by atoms with Crippen LogP contribution in [0.2, 0.25) is 5.02 Å². The molecule has 0 fully saturated rings. The maximum absolute atomic E-state index is 14.6. The third kappa shape index (κ3) is 4.69. The molecule has 0 atom stereocenters. The molecular formula is C29H24ClF3. The maximum atomic E-state index is 14.6. The van der Waals surface area contributed by atoms with E-state index < -0.39 is 11.7 Å². The van der Waals surface area contributed by atoms with E-state index in [4.69, 9.17) is 11.6 Å². The van der Waals surface area contributed by atoms with Gasteiger partial charge in [-0.1, -0.05) is 116 Å². The summed E-state index contributed by atoms with van der Waals surface area (Å²) in [5, 5.41) is -0.201. The van der Waals surface area contributed by atoms with Crippen molar-refractivity contribution in [3.8, 4) is 33.4 Å². The van der Waals surface area contributed by atoms with Crippen molar-refractivity contribution in [1.82, 2.24) is 0 Å². The number of alkyl halides is 3.